The van der Waals surface area contributed by atoms with Crippen molar-refractivity contribution in [2.75, 3.05) is 0 Å². The van der Waals surface area contributed by atoms with Gasteiger partial charge >= 0.3 is 90.2 Å². The number of hydrogen-bond donors (Lipinski definition) is 0. The SMILES string of the molecule is P.[Na+].[Na+].[O]=[W](=[O])([O-])[O-]. The molecule has 0 rings (SSSR count). The Bertz CT molecular complexity index is 97.2. The van der Waals surface area contributed by atoms with Crippen LogP contribution in [0.4, 0.5) is 0 Å². The van der Waals surface area contributed by atoms with Crippen LogP contribution >= 0.6 is 9.90 Å². The third-order valence-electron chi connectivity index (χ3n) is 0. The zero-order valence-corrected chi connectivity index (χ0v) is 13.1. The van der Waals surface area contributed by atoms with Gasteiger partial charge in [0.2, 0.25) is 0 Å². The van der Waals surface area contributed by atoms with Gasteiger partial charge in [0.1, 0.15) is 0 Å². The van der Waals surface area contributed by atoms with Gasteiger partial charge in [-0.25, -0.2) is 0 Å². The van der Waals surface area contributed by atoms with Gasteiger partial charge in [0.25, 0.3) is 0 Å². The second kappa shape index (κ2) is 9.64. The Morgan fingerprint density at radius 1 is 1.00 bits per heavy atom. The molecular formula is H3Na2O4PW. The van der Waals surface area contributed by atoms with Gasteiger partial charge in [0.15, 0.2) is 0 Å². The molecule has 40 valence electrons. The Hall–Kier alpha value is 2.64. The van der Waals surface area contributed by atoms with Gasteiger partial charge in [-0.15, -0.1) is 0 Å². The summed E-state index contributed by atoms with van der Waals surface area (Å²) in [4.78, 5) is 0. The summed E-state index contributed by atoms with van der Waals surface area (Å²) in [7, 11) is 0. The molecule has 0 saturated carbocycles. The molecule has 0 aromatic rings. The molecular weight excluding hydrogens is 325 g/mol. The Kier molecular flexibility index (Phi) is 27.0. The molecule has 8 heavy (non-hydrogen) atoms. The number of rotatable bonds is 0. The fraction of sp³-hybridized carbons (Fsp3) is 0. The van der Waals surface area contributed by atoms with E-state index in [9.17, 15) is 0 Å². The quantitative estimate of drug-likeness (QED) is 0.327. The van der Waals surface area contributed by atoms with Crippen LogP contribution in [-0.2, 0) is 23.5 Å². The van der Waals surface area contributed by atoms with E-state index in [2.05, 4.69) is 0 Å². The van der Waals surface area contributed by atoms with Crippen molar-refractivity contribution in [3.05, 3.63) is 0 Å². The summed E-state index contributed by atoms with van der Waals surface area (Å²) in [6, 6.07) is 0. The molecule has 1 unspecified atom stereocenters. The summed E-state index contributed by atoms with van der Waals surface area (Å²) in [5.41, 5.74) is 0. The molecule has 0 aromatic carbocycles. The van der Waals surface area contributed by atoms with Crippen molar-refractivity contribution < 1.29 is 90.2 Å². The second-order valence-electron chi connectivity index (χ2n) is 0.408. The molecule has 0 fully saturated rings. The van der Waals surface area contributed by atoms with E-state index in [1.54, 1.807) is 0 Å². The van der Waals surface area contributed by atoms with Crippen molar-refractivity contribution in [2.24, 2.45) is 0 Å². The summed E-state index contributed by atoms with van der Waals surface area (Å²) in [5, 5.41) is 0. The first-order valence-corrected chi connectivity index (χ1v) is 5.46. The third-order valence-corrected chi connectivity index (χ3v) is 0. The van der Waals surface area contributed by atoms with E-state index in [0.717, 1.165) is 0 Å². The van der Waals surface area contributed by atoms with E-state index in [1.165, 1.54) is 0 Å². The summed E-state index contributed by atoms with van der Waals surface area (Å²) < 4.78 is 34.6. The van der Waals surface area contributed by atoms with Crippen LogP contribution in [-0.4, -0.2) is 0 Å². The molecule has 0 amide bonds. The monoisotopic (exact) mass is 328 g/mol. The van der Waals surface area contributed by atoms with Crippen LogP contribution in [0.25, 0.3) is 0 Å². The molecule has 0 N–H and O–H groups in total. The molecule has 0 radical (unpaired) electrons. The Labute approximate surface area is 98.3 Å². The summed E-state index contributed by atoms with van der Waals surface area (Å²) in [5.74, 6) is 0. The first-order chi connectivity index (χ1) is 2.00. The number of hydrogen-bond acceptors (Lipinski definition) is 4. The average molecular weight is 328 g/mol. The fourth-order valence-corrected chi connectivity index (χ4v) is 0. The topological polar surface area (TPSA) is 80.3 Å². The van der Waals surface area contributed by atoms with Crippen molar-refractivity contribution in [3.8, 4) is 0 Å². The van der Waals surface area contributed by atoms with E-state index in [0.29, 0.717) is 0 Å². The molecule has 1 atom stereocenters. The maximum absolute atomic E-state index is 8.65. The molecule has 0 saturated heterocycles. The standard InChI is InChI=1S/2Na.4O.H3P.W/h;;;;;;1H3;/q2*+1;;;2*-1;;. The van der Waals surface area contributed by atoms with Gasteiger partial charge in [-0.05, 0) is 0 Å². The molecule has 0 aliphatic carbocycles. The zero-order valence-electron chi connectivity index (χ0n) is 4.75. The molecule has 0 aromatic heterocycles. The van der Waals surface area contributed by atoms with Crippen LogP contribution in [0.15, 0.2) is 0 Å². The summed E-state index contributed by atoms with van der Waals surface area (Å²) in [6.07, 6.45) is 0. The molecule has 4 nitrogen and oxygen atoms in total. The first kappa shape index (κ1) is 22.4. The van der Waals surface area contributed by atoms with Crippen molar-refractivity contribution in [2.45, 2.75) is 0 Å². The zero-order chi connectivity index (χ0) is 4.50. The Balaban J connectivity index is -0.0000000267. The molecule has 0 aliphatic rings. The van der Waals surface area contributed by atoms with Crippen LogP contribution in [0.2, 0.25) is 0 Å². The Morgan fingerprint density at radius 2 is 1.00 bits per heavy atom. The van der Waals surface area contributed by atoms with Crippen molar-refractivity contribution in [3.63, 3.8) is 0 Å². The van der Waals surface area contributed by atoms with Gasteiger partial charge in [0.05, 0.1) is 0 Å². The minimum atomic E-state index is -6.17. The predicted molar refractivity (Wildman–Crippen MR) is 12.5 cm³/mol. The summed E-state index contributed by atoms with van der Waals surface area (Å²) >= 11 is -6.17. The van der Waals surface area contributed by atoms with Crippen molar-refractivity contribution in [1.29, 1.82) is 0 Å². The van der Waals surface area contributed by atoms with Crippen LogP contribution in [0.1, 0.15) is 0 Å². The first-order valence-electron chi connectivity index (χ1n) is 0.667. The van der Waals surface area contributed by atoms with Crippen LogP contribution in [0.5, 0.6) is 0 Å². The van der Waals surface area contributed by atoms with E-state index in [-0.39, 0.29) is 69.0 Å². The van der Waals surface area contributed by atoms with Gasteiger partial charge in [-0.2, -0.15) is 9.90 Å². The average Bonchev–Trinajstić information content (AvgIpc) is 0.722. The van der Waals surface area contributed by atoms with Crippen molar-refractivity contribution in [1.82, 2.24) is 0 Å². The minimum absolute atomic E-state index is 0. The van der Waals surface area contributed by atoms with E-state index >= 15 is 0 Å². The molecule has 0 spiro atoms. The van der Waals surface area contributed by atoms with E-state index in [4.69, 9.17) is 14.3 Å². The Morgan fingerprint density at radius 3 is 1.00 bits per heavy atom. The van der Waals surface area contributed by atoms with Gasteiger partial charge < -0.3 is 0 Å². The summed E-state index contributed by atoms with van der Waals surface area (Å²) in [6.45, 7) is 0. The van der Waals surface area contributed by atoms with E-state index < -0.39 is 16.7 Å². The fourth-order valence-electron chi connectivity index (χ4n) is 0. The van der Waals surface area contributed by atoms with Crippen LogP contribution in [0.3, 0.4) is 0 Å². The van der Waals surface area contributed by atoms with Crippen LogP contribution < -0.4 is 66.6 Å². The second-order valence-corrected chi connectivity index (χ2v) is 3.34. The normalized spacial score (nSPS) is 7.25. The molecule has 8 heteroatoms. The molecule has 0 heterocycles. The van der Waals surface area contributed by atoms with Crippen LogP contribution in [0, 0.1) is 0 Å². The molecule has 0 aliphatic heterocycles. The van der Waals surface area contributed by atoms with Gasteiger partial charge in [-0.1, -0.05) is 0 Å². The third kappa shape index (κ3) is 72.4. The van der Waals surface area contributed by atoms with Crippen molar-refractivity contribution >= 4 is 9.90 Å². The molecule has 0 bridgehead atoms. The van der Waals surface area contributed by atoms with Gasteiger partial charge in [0, 0.05) is 0 Å². The van der Waals surface area contributed by atoms with E-state index in [1.807, 2.05) is 0 Å². The predicted octanol–water partition coefficient (Wildman–Crippen LogP) is -8.55. The van der Waals surface area contributed by atoms with Gasteiger partial charge in [-0.3, -0.25) is 0 Å². The maximum atomic E-state index is 8.65.